The maximum absolute atomic E-state index is 13.2. The van der Waals surface area contributed by atoms with Gasteiger partial charge < -0.3 is 10.4 Å². The maximum Gasteiger partial charge on any atom is 0.247 e. The highest BCUT2D eigenvalue weighted by Crippen LogP contribution is 2.34. The number of hydrogen-bond acceptors (Lipinski definition) is 6. The number of amidine groups is 1. The molecule has 1 atom stereocenters. The van der Waals surface area contributed by atoms with E-state index in [-0.39, 0.29) is 24.0 Å². The van der Waals surface area contributed by atoms with Crippen molar-refractivity contribution in [2.24, 2.45) is 10.2 Å². The molecule has 1 aliphatic rings. The number of thioether (sulfide) groups is 1. The first-order chi connectivity index (χ1) is 16.4. The van der Waals surface area contributed by atoms with E-state index in [0.717, 1.165) is 14.5 Å². The molecule has 1 saturated heterocycles. The van der Waals surface area contributed by atoms with Gasteiger partial charge in [-0.2, -0.15) is 5.10 Å². The molecule has 4 rings (SSSR count). The molecule has 7 nitrogen and oxygen atoms in total. The van der Waals surface area contributed by atoms with Crippen LogP contribution in [0.25, 0.3) is 0 Å². The molecule has 0 aliphatic carbocycles. The van der Waals surface area contributed by atoms with E-state index < -0.39 is 5.25 Å². The van der Waals surface area contributed by atoms with Crippen LogP contribution in [0.1, 0.15) is 12.0 Å². The van der Waals surface area contributed by atoms with Crippen molar-refractivity contribution in [3.8, 4) is 5.75 Å². The van der Waals surface area contributed by atoms with E-state index >= 15 is 0 Å². The van der Waals surface area contributed by atoms with Crippen LogP contribution < -0.4 is 10.2 Å². The molecule has 0 radical (unpaired) electrons. The van der Waals surface area contributed by atoms with Gasteiger partial charge in [0, 0.05) is 21.1 Å². The largest absolute Gasteiger partial charge is 0.508 e. The monoisotopic (exact) mass is 600 g/mol. The minimum atomic E-state index is -0.661. The number of rotatable bonds is 6. The molecule has 2 amide bonds. The van der Waals surface area contributed by atoms with E-state index in [0.29, 0.717) is 16.5 Å². The van der Waals surface area contributed by atoms with Gasteiger partial charge >= 0.3 is 0 Å². The third-order valence-corrected chi connectivity index (χ3v) is 6.95. The summed E-state index contributed by atoms with van der Waals surface area (Å²) < 4.78 is 1.86. The minimum absolute atomic E-state index is 0.0242. The highest BCUT2D eigenvalue weighted by Gasteiger charge is 2.40. The Morgan fingerprint density at radius 2 is 1.62 bits per heavy atom. The quantitative estimate of drug-likeness (QED) is 0.276. The van der Waals surface area contributed by atoms with Gasteiger partial charge in [-0.25, -0.2) is 0 Å². The molecule has 0 saturated carbocycles. The fraction of sp³-hybridized carbons (Fsp3) is 0.0833. The summed E-state index contributed by atoms with van der Waals surface area (Å²) in [4.78, 5) is 27.2. The minimum Gasteiger partial charge on any atom is -0.508 e. The maximum atomic E-state index is 13.2. The van der Waals surface area contributed by atoms with Crippen molar-refractivity contribution < 1.29 is 14.7 Å². The van der Waals surface area contributed by atoms with Crippen molar-refractivity contribution in [2.45, 2.75) is 11.7 Å². The van der Waals surface area contributed by atoms with Gasteiger partial charge in [-0.05, 0) is 66.2 Å². The Kier molecular flexibility index (Phi) is 7.81. The zero-order chi connectivity index (χ0) is 24.1. The van der Waals surface area contributed by atoms with Crippen LogP contribution in [0.15, 0.2) is 91.9 Å². The topological polar surface area (TPSA) is 94.4 Å². The summed E-state index contributed by atoms with van der Waals surface area (Å²) >= 11 is 7.93. The fourth-order valence-electron chi connectivity index (χ4n) is 3.11. The second kappa shape index (κ2) is 11.0. The first kappa shape index (κ1) is 24.2. The number of hydrogen-bond donors (Lipinski definition) is 2. The third-order valence-electron chi connectivity index (χ3n) is 4.76. The number of phenolic OH excluding ortho intramolecular Hbond substituents is 1. The second-order valence-corrected chi connectivity index (χ2v) is 10.2. The van der Waals surface area contributed by atoms with Crippen LogP contribution in [0, 0.1) is 0 Å². The van der Waals surface area contributed by atoms with Crippen molar-refractivity contribution >= 4 is 78.2 Å². The number of carbonyl (C=O) groups excluding carboxylic acids is 2. The summed E-state index contributed by atoms with van der Waals surface area (Å²) in [5.74, 6) is -0.474. The normalized spacial score (nSPS) is 17.0. The van der Waals surface area contributed by atoms with E-state index in [1.165, 1.54) is 28.8 Å². The van der Waals surface area contributed by atoms with Crippen LogP contribution in [0.5, 0.6) is 5.75 Å². The van der Waals surface area contributed by atoms with Crippen LogP contribution in [-0.2, 0) is 9.59 Å². The van der Waals surface area contributed by atoms with E-state index in [4.69, 9.17) is 0 Å². The molecule has 172 valence electrons. The number of halogens is 2. The Balaban J connectivity index is 1.53. The van der Waals surface area contributed by atoms with E-state index in [1.54, 1.807) is 30.5 Å². The number of anilines is 2. The van der Waals surface area contributed by atoms with Gasteiger partial charge in [-0.1, -0.05) is 55.8 Å². The molecule has 34 heavy (non-hydrogen) atoms. The second-order valence-electron chi connectivity index (χ2n) is 7.23. The molecule has 1 fully saturated rings. The van der Waals surface area contributed by atoms with Crippen molar-refractivity contribution in [3.05, 3.63) is 87.3 Å². The molecule has 2 N–H and O–H groups in total. The Morgan fingerprint density at radius 3 is 2.26 bits per heavy atom. The van der Waals surface area contributed by atoms with Crippen molar-refractivity contribution in [1.29, 1.82) is 0 Å². The fourth-order valence-corrected chi connectivity index (χ4v) is 4.73. The van der Waals surface area contributed by atoms with Crippen molar-refractivity contribution in [3.63, 3.8) is 0 Å². The molecule has 10 heteroatoms. The van der Waals surface area contributed by atoms with Gasteiger partial charge in [0.05, 0.1) is 11.9 Å². The lowest BCUT2D eigenvalue weighted by atomic mass is 10.2. The lowest BCUT2D eigenvalue weighted by Gasteiger charge is -2.16. The molecule has 3 aromatic rings. The lowest BCUT2D eigenvalue weighted by molar-refractivity contribution is -0.121. The molecule has 0 spiro atoms. The van der Waals surface area contributed by atoms with Gasteiger partial charge in [-0.3, -0.25) is 14.5 Å². The van der Waals surface area contributed by atoms with Gasteiger partial charge in [0.2, 0.25) is 11.8 Å². The Hall–Kier alpha value is -2.95. The van der Waals surface area contributed by atoms with Crippen molar-refractivity contribution in [1.82, 2.24) is 0 Å². The average molecular weight is 602 g/mol. The smallest absolute Gasteiger partial charge is 0.247 e. The summed E-state index contributed by atoms with van der Waals surface area (Å²) in [5, 5.41) is 20.5. The van der Waals surface area contributed by atoms with Crippen LogP contribution in [-0.4, -0.2) is 33.6 Å². The molecule has 3 aromatic carbocycles. The standard InChI is InChI=1S/C24H18Br2N4O3S/c25-16-3-1-15(2-4-16)14-27-29-24-30(19-9-11-20(31)12-10-19)23(33)21(34-24)13-22(32)28-18-7-5-17(26)6-8-18/h1-12,14,21,31H,13H2,(H,28,32). The van der Waals surface area contributed by atoms with Crippen LogP contribution in [0.2, 0.25) is 0 Å². The van der Waals surface area contributed by atoms with Gasteiger partial charge in [0.1, 0.15) is 11.0 Å². The highest BCUT2D eigenvalue weighted by atomic mass is 79.9. The number of nitrogens with zero attached hydrogens (tertiary/aromatic N) is 3. The molecule has 0 aromatic heterocycles. The molecular weight excluding hydrogens is 584 g/mol. The van der Waals surface area contributed by atoms with E-state index in [2.05, 4.69) is 47.4 Å². The molecule has 1 heterocycles. The zero-order valence-electron chi connectivity index (χ0n) is 17.6. The summed E-state index contributed by atoms with van der Waals surface area (Å²) in [7, 11) is 0. The lowest BCUT2D eigenvalue weighted by Crippen LogP contribution is -2.33. The third kappa shape index (κ3) is 6.13. The van der Waals surface area contributed by atoms with Crippen LogP contribution in [0.4, 0.5) is 11.4 Å². The van der Waals surface area contributed by atoms with Gasteiger partial charge in [0.15, 0.2) is 5.17 Å². The number of phenols is 1. The predicted octanol–water partition coefficient (Wildman–Crippen LogP) is 5.78. The number of nitrogens with one attached hydrogen (secondary N) is 1. The zero-order valence-corrected chi connectivity index (χ0v) is 21.5. The highest BCUT2D eigenvalue weighted by molar-refractivity contribution is 9.10. The summed E-state index contributed by atoms with van der Waals surface area (Å²) in [6.07, 6.45) is 1.57. The number of benzene rings is 3. The average Bonchev–Trinajstić information content (AvgIpc) is 3.12. The summed E-state index contributed by atoms with van der Waals surface area (Å²) in [6.45, 7) is 0. The molecular formula is C24H18Br2N4O3S. The molecule has 1 unspecified atom stereocenters. The molecule has 0 bridgehead atoms. The van der Waals surface area contributed by atoms with Crippen LogP contribution >= 0.6 is 43.6 Å². The predicted molar refractivity (Wildman–Crippen MR) is 144 cm³/mol. The summed E-state index contributed by atoms with van der Waals surface area (Å²) in [5.41, 5.74) is 2.03. The van der Waals surface area contributed by atoms with Gasteiger partial charge in [0.25, 0.3) is 0 Å². The first-order valence-electron chi connectivity index (χ1n) is 10.1. The number of aromatic hydroxyl groups is 1. The summed E-state index contributed by atoms with van der Waals surface area (Å²) in [6, 6.07) is 21.0. The van der Waals surface area contributed by atoms with Crippen molar-refractivity contribution in [2.75, 3.05) is 10.2 Å². The van der Waals surface area contributed by atoms with E-state index in [1.807, 2.05) is 36.4 Å². The Bertz CT molecular complexity index is 1250. The van der Waals surface area contributed by atoms with E-state index in [9.17, 15) is 14.7 Å². The Labute approximate surface area is 217 Å². The Morgan fingerprint density at radius 1 is 1.00 bits per heavy atom. The van der Waals surface area contributed by atoms with Crippen LogP contribution in [0.3, 0.4) is 0 Å². The molecule has 1 aliphatic heterocycles. The first-order valence-corrected chi connectivity index (χ1v) is 12.6. The number of carbonyl (C=O) groups is 2. The SMILES string of the molecule is O=C(CC1SC(=NN=Cc2ccc(Br)cc2)N(c2ccc(O)cc2)C1=O)Nc1ccc(Br)cc1. The van der Waals surface area contributed by atoms with Gasteiger partial charge in [-0.15, -0.1) is 5.10 Å². The number of amides is 2.